The molecule has 0 saturated heterocycles. The SMILES string of the molecule is C[N+](C)(C)C(O)C(O)(O)OO. The minimum atomic E-state index is -2.93. The maximum Gasteiger partial charge on any atom is 0.388 e. The fourth-order valence-electron chi connectivity index (χ4n) is 0.552. The smallest absolute Gasteiger partial charge is 0.338 e. The first-order valence-electron chi connectivity index (χ1n) is 2.98. The predicted molar refractivity (Wildman–Crippen MR) is 34.9 cm³/mol. The summed E-state index contributed by atoms with van der Waals surface area (Å²) >= 11 is 0. The van der Waals surface area contributed by atoms with Crippen LogP contribution in [0.3, 0.4) is 0 Å². The van der Waals surface area contributed by atoms with Crippen LogP contribution in [-0.4, -0.2) is 58.4 Å². The van der Waals surface area contributed by atoms with E-state index in [-0.39, 0.29) is 4.48 Å². The molecule has 1 unspecified atom stereocenters. The highest BCUT2D eigenvalue weighted by Crippen LogP contribution is 2.13. The quantitative estimate of drug-likeness (QED) is 0.172. The summed E-state index contributed by atoms with van der Waals surface area (Å²) in [5.41, 5.74) is 0. The number of aliphatic hydroxyl groups is 3. The highest BCUT2D eigenvalue weighted by molar-refractivity contribution is 4.50. The van der Waals surface area contributed by atoms with Gasteiger partial charge < -0.3 is 15.3 Å². The molecule has 0 aromatic rings. The molecule has 1 atom stereocenters. The number of nitrogens with zero attached hydrogens (tertiary/aromatic N) is 1. The van der Waals surface area contributed by atoms with Crippen LogP contribution in [0.5, 0.6) is 0 Å². The van der Waals surface area contributed by atoms with Crippen LogP contribution < -0.4 is 0 Å². The van der Waals surface area contributed by atoms with Crippen molar-refractivity contribution in [1.29, 1.82) is 0 Å². The molecule has 0 spiro atoms. The van der Waals surface area contributed by atoms with Crippen molar-refractivity contribution >= 4 is 0 Å². The zero-order valence-corrected chi connectivity index (χ0v) is 6.72. The van der Waals surface area contributed by atoms with Crippen LogP contribution in [0.15, 0.2) is 0 Å². The molecule has 6 nitrogen and oxygen atoms in total. The maximum absolute atomic E-state index is 9.10. The third kappa shape index (κ3) is 2.70. The van der Waals surface area contributed by atoms with Crippen molar-refractivity contribution < 1.29 is 29.9 Å². The second-order valence-corrected chi connectivity index (χ2v) is 3.24. The molecule has 0 bridgehead atoms. The summed E-state index contributed by atoms with van der Waals surface area (Å²) in [5.74, 6) is -2.93. The molecule has 0 amide bonds. The lowest BCUT2D eigenvalue weighted by atomic mass is 10.4. The Hall–Kier alpha value is -0.240. The standard InChI is InChI=1S/C5H13NO5/c1-6(2,3)4(7)5(8,9)11-10/h4,7-9H,1-3H3/p+1. The van der Waals surface area contributed by atoms with Gasteiger partial charge in [0.05, 0.1) is 21.1 Å². The number of hydrogen-bond acceptors (Lipinski definition) is 5. The topological polar surface area (TPSA) is 90.2 Å². The van der Waals surface area contributed by atoms with Crippen LogP contribution >= 0.6 is 0 Å². The minimum Gasteiger partial charge on any atom is -0.338 e. The van der Waals surface area contributed by atoms with E-state index in [4.69, 9.17) is 20.6 Å². The molecule has 11 heavy (non-hydrogen) atoms. The average molecular weight is 168 g/mol. The van der Waals surface area contributed by atoms with Gasteiger partial charge in [-0.25, -0.2) is 5.26 Å². The highest BCUT2D eigenvalue weighted by Gasteiger charge is 2.45. The van der Waals surface area contributed by atoms with Crippen LogP contribution in [-0.2, 0) is 4.89 Å². The van der Waals surface area contributed by atoms with E-state index in [1.54, 1.807) is 0 Å². The van der Waals surface area contributed by atoms with Gasteiger partial charge in [-0.3, -0.25) is 4.48 Å². The Morgan fingerprint density at radius 1 is 1.27 bits per heavy atom. The van der Waals surface area contributed by atoms with Gasteiger partial charge in [0.15, 0.2) is 0 Å². The van der Waals surface area contributed by atoms with Crippen LogP contribution in [0.2, 0.25) is 0 Å². The van der Waals surface area contributed by atoms with Crippen molar-refractivity contribution in [2.75, 3.05) is 21.1 Å². The van der Waals surface area contributed by atoms with Gasteiger partial charge >= 0.3 is 5.97 Å². The number of likely N-dealkylation sites (N-methyl/N-ethyl adjacent to an activating group) is 1. The fourth-order valence-corrected chi connectivity index (χ4v) is 0.552. The van der Waals surface area contributed by atoms with Crippen LogP contribution in [0, 0.1) is 0 Å². The molecule has 0 aromatic carbocycles. The van der Waals surface area contributed by atoms with E-state index in [1.165, 1.54) is 21.1 Å². The van der Waals surface area contributed by atoms with Crippen LogP contribution in [0.4, 0.5) is 0 Å². The summed E-state index contributed by atoms with van der Waals surface area (Å²) in [5, 5.41) is 34.5. The average Bonchev–Trinajstić information content (AvgIpc) is 1.84. The Kier molecular flexibility index (Phi) is 2.95. The molecule has 0 rings (SSSR count). The first-order valence-corrected chi connectivity index (χ1v) is 2.98. The van der Waals surface area contributed by atoms with Gasteiger partial charge in [0.25, 0.3) is 6.23 Å². The number of quaternary nitrogens is 1. The second kappa shape index (κ2) is 3.02. The summed E-state index contributed by atoms with van der Waals surface area (Å²) in [6.07, 6.45) is -1.65. The Morgan fingerprint density at radius 3 is 1.73 bits per heavy atom. The lowest BCUT2D eigenvalue weighted by molar-refractivity contribution is -0.940. The normalized spacial score (nSPS) is 16.6. The van der Waals surface area contributed by atoms with E-state index in [9.17, 15) is 0 Å². The summed E-state index contributed by atoms with van der Waals surface area (Å²) in [6, 6.07) is 0. The monoisotopic (exact) mass is 168 g/mol. The van der Waals surface area contributed by atoms with Gasteiger partial charge in [-0.1, -0.05) is 0 Å². The molecule has 6 heteroatoms. The maximum atomic E-state index is 9.10. The molecule has 4 N–H and O–H groups in total. The third-order valence-electron chi connectivity index (χ3n) is 1.20. The molecule has 0 fully saturated rings. The molecule has 0 saturated carbocycles. The Morgan fingerprint density at radius 2 is 1.64 bits per heavy atom. The Bertz CT molecular complexity index is 129. The Balaban J connectivity index is 4.35. The minimum absolute atomic E-state index is 0.173. The molecule has 0 radical (unpaired) electrons. The molecule has 0 aromatic heterocycles. The number of aliphatic hydroxyl groups excluding tert-OH is 1. The largest absolute Gasteiger partial charge is 0.388 e. The fraction of sp³-hybridized carbons (Fsp3) is 1.00. The van der Waals surface area contributed by atoms with E-state index in [0.29, 0.717) is 0 Å². The van der Waals surface area contributed by atoms with Gasteiger partial charge in [-0.2, -0.15) is 4.89 Å². The Labute approximate surface area is 64.4 Å². The molecule has 0 heterocycles. The van der Waals surface area contributed by atoms with Gasteiger partial charge in [0.1, 0.15) is 0 Å². The van der Waals surface area contributed by atoms with Crippen molar-refractivity contribution in [2.45, 2.75) is 12.2 Å². The predicted octanol–water partition coefficient (Wildman–Crippen LogP) is -1.86. The van der Waals surface area contributed by atoms with Gasteiger partial charge in [0, 0.05) is 0 Å². The van der Waals surface area contributed by atoms with Gasteiger partial charge in [-0.15, -0.1) is 0 Å². The van der Waals surface area contributed by atoms with Crippen LogP contribution in [0.1, 0.15) is 0 Å². The summed E-state index contributed by atoms with van der Waals surface area (Å²) in [4.78, 5) is 3.27. The van der Waals surface area contributed by atoms with Crippen molar-refractivity contribution in [3.8, 4) is 0 Å². The van der Waals surface area contributed by atoms with E-state index in [2.05, 4.69) is 4.89 Å². The number of rotatable bonds is 3. The second-order valence-electron chi connectivity index (χ2n) is 3.24. The van der Waals surface area contributed by atoms with E-state index in [0.717, 1.165) is 0 Å². The molecule has 0 aliphatic rings. The summed E-state index contributed by atoms with van der Waals surface area (Å²) in [7, 11) is 4.51. The number of hydrogen-bond donors (Lipinski definition) is 4. The molecule has 0 aliphatic heterocycles. The zero-order valence-electron chi connectivity index (χ0n) is 6.72. The van der Waals surface area contributed by atoms with Crippen molar-refractivity contribution in [1.82, 2.24) is 0 Å². The zero-order chi connectivity index (χ0) is 9.28. The molecular formula is C5H14NO5+. The molecule has 0 aliphatic carbocycles. The van der Waals surface area contributed by atoms with Crippen molar-refractivity contribution in [2.24, 2.45) is 0 Å². The highest BCUT2D eigenvalue weighted by atomic mass is 17.2. The first kappa shape index (κ1) is 10.8. The molecular weight excluding hydrogens is 154 g/mol. The summed E-state index contributed by atoms with van der Waals surface area (Å²) in [6.45, 7) is 0. The first-order chi connectivity index (χ1) is 4.72. The van der Waals surface area contributed by atoms with E-state index >= 15 is 0 Å². The van der Waals surface area contributed by atoms with Crippen molar-refractivity contribution in [3.05, 3.63) is 0 Å². The van der Waals surface area contributed by atoms with Gasteiger partial charge in [-0.05, 0) is 0 Å². The van der Waals surface area contributed by atoms with Gasteiger partial charge in [0.2, 0.25) is 0 Å². The van der Waals surface area contributed by atoms with E-state index in [1.807, 2.05) is 0 Å². The summed E-state index contributed by atoms with van der Waals surface area (Å²) < 4.78 is -0.173. The third-order valence-corrected chi connectivity index (χ3v) is 1.20. The van der Waals surface area contributed by atoms with Crippen molar-refractivity contribution in [3.63, 3.8) is 0 Å². The van der Waals surface area contributed by atoms with E-state index < -0.39 is 12.2 Å². The lowest BCUT2D eigenvalue weighted by Crippen LogP contribution is -2.59. The lowest BCUT2D eigenvalue weighted by Gasteiger charge is -2.34. The molecule has 68 valence electrons. The van der Waals surface area contributed by atoms with Crippen LogP contribution in [0.25, 0.3) is 0 Å².